The Hall–Kier alpha value is -1.24. The lowest BCUT2D eigenvalue weighted by atomic mass is 10.2. The number of hydrogen-bond acceptors (Lipinski definition) is 1. The summed E-state index contributed by atoms with van der Waals surface area (Å²) in [4.78, 5) is 2.04. The molecule has 63 valence electrons. The summed E-state index contributed by atoms with van der Waals surface area (Å²) in [6, 6.07) is 8.36. The molecule has 0 saturated carbocycles. The Labute approximate surface area is 74.3 Å². The first-order valence-corrected chi connectivity index (χ1v) is 3.99. The van der Waals surface area contributed by atoms with Crippen molar-refractivity contribution < 1.29 is 0 Å². The zero-order valence-corrected chi connectivity index (χ0v) is 7.62. The van der Waals surface area contributed by atoms with Crippen LogP contribution < -0.4 is 4.90 Å². The molecule has 0 bridgehead atoms. The third-order valence-electron chi connectivity index (χ3n) is 1.74. The Morgan fingerprint density at radius 3 is 2.75 bits per heavy atom. The van der Waals surface area contributed by atoms with E-state index in [1.807, 2.05) is 18.1 Å². The van der Waals surface area contributed by atoms with Crippen LogP contribution in [0, 0.1) is 13.8 Å². The zero-order valence-electron chi connectivity index (χ0n) is 7.62. The predicted molar refractivity (Wildman–Crippen MR) is 54.1 cm³/mol. The van der Waals surface area contributed by atoms with Gasteiger partial charge < -0.3 is 4.90 Å². The van der Waals surface area contributed by atoms with Gasteiger partial charge in [-0.25, -0.2) is 0 Å². The molecule has 1 nitrogen and oxygen atoms in total. The average molecular weight is 160 g/mol. The van der Waals surface area contributed by atoms with Crippen molar-refractivity contribution in [1.29, 1.82) is 0 Å². The molecule has 0 aliphatic rings. The third-order valence-corrected chi connectivity index (χ3v) is 1.74. The van der Waals surface area contributed by atoms with E-state index in [9.17, 15) is 0 Å². The van der Waals surface area contributed by atoms with Crippen molar-refractivity contribution in [3.05, 3.63) is 49.0 Å². The fourth-order valence-electron chi connectivity index (χ4n) is 1.09. The molecular formula is C11H14N. The lowest BCUT2D eigenvalue weighted by Gasteiger charge is -2.13. The normalized spacial score (nSPS) is 10.6. The molecule has 0 saturated heterocycles. The van der Waals surface area contributed by atoms with Crippen LogP contribution in [0.25, 0.3) is 0 Å². The number of rotatable bonds is 2. The van der Waals surface area contributed by atoms with Crippen LogP contribution in [0.3, 0.4) is 0 Å². The van der Waals surface area contributed by atoms with Crippen molar-refractivity contribution in [3.8, 4) is 0 Å². The highest BCUT2D eigenvalue weighted by atomic mass is 15.1. The third kappa shape index (κ3) is 2.12. The van der Waals surface area contributed by atoms with E-state index in [2.05, 4.69) is 38.1 Å². The summed E-state index contributed by atoms with van der Waals surface area (Å²) >= 11 is 0. The number of anilines is 1. The highest BCUT2D eigenvalue weighted by molar-refractivity contribution is 5.49. The van der Waals surface area contributed by atoms with Crippen LogP contribution in [0.4, 0.5) is 5.69 Å². The molecule has 1 aromatic rings. The van der Waals surface area contributed by atoms with Gasteiger partial charge in [0.1, 0.15) is 0 Å². The van der Waals surface area contributed by atoms with E-state index in [1.165, 1.54) is 11.3 Å². The summed E-state index contributed by atoms with van der Waals surface area (Å²) in [6.07, 6.45) is 3.72. The number of allylic oxidation sites excluding steroid dienone is 1. The zero-order chi connectivity index (χ0) is 8.97. The van der Waals surface area contributed by atoms with Gasteiger partial charge in [0.15, 0.2) is 0 Å². The SMILES string of the molecule is [CH2]/C=C/N(C)c1cccc(C)c1. The quantitative estimate of drug-likeness (QED) is 0.643. The second-order valence-corrected chi connectivity index (χ2v) is 2.83. The van der Waals surface area contributed by atoms with Crippen LogP contribution in [-0.4, -0.2) is 7.05 Å². The first-order valence-electron chi connectivity index (χ1n) is 3.99. The molecule has 0 fully saturated rings. The van der Waals surface area contributed by atoms with Crippen LogP contribution in [0.5, 0.6) is 0 Å². The van der Waals surface area contributed by atoms with Gasteiger partial charge in [-0.3, -0.25) is 0 Å². The van der Waals surface area contributed by atoms with Crippen molar-refractivity contribution in [2.45, 2.75) is 6.92 Å². The van der Waals surface area contributed by atoms with Crippen LogP contribution in [0.15, 0.2) is 36.5 Å². The van der Waals surface area contributed by atoms with Crippen LogP contribution in [-0.2, 0) is 0 Å². The first-order chi connectivity index (χ1) is 5.74. The fourth-order valence-corrected chi connectivity index (χ4v) is 1.09. The molecule has 0 atom stereocenters. The average Bonchev–Trinajstić information content (AvgIpc) is 2.05. The Morgan fingerprint density at radius 2 is 2.17 bits per heavy atom. The van der Waals surface area contributed by atoms with Crippen LogP contribution >= 0.6 is 0 Å². The number of nitrogens with zero attached hydrogens (tertiary/aromatic N) is 1. The highest BCUT2D eigenvalue weighted by Gasteiger charge is 1.94. The van der Waals surface area contributed by atoms with E-state index in [0.29, 0.717) is 0 Å². The number of aryl methyl sites for hydroxylation is 1. The van der Waals surface area contributed by atoms with E-state index < -0.39 is 0 Å². The topological polar surface area (TPSA) is 3.24 Å². The van der Waals surface area contributed by atoms with Gasteiger partial charge in [0, 0.05) is 12.7 Å². The van der Waals surface area contributed by atoms with E-state index >= 15 is 0 Å². The minimum atomic E-state index is 1.19. The van der Waals surface area contributed by atoms with Gasteiger partial charge in [-0.15, -0.1) is 0 Å². The van der Waals surface area contributed by atoms with Gasteiger partial charge in [0.25, 0.3) is 0 Å². The molecular weight excluding hydrogens is 146 g/mol. The molecule has 0 spiro atoms. The van der Waals surface area contributed by atoms with Gasteiger partial charge in [-0.1, -0.05) is 18.2 Å². The van der Waals surface area contributed by atoms with Crippen molar-refractivity contribution in [3.63, 3.8) is 0 Å². The van der Waals surface area contributed by atoms with Gasteiger partial charge in [0.05, 0.1) is 0 Å². The Balaban J connectivity index is 2.87. The lowest BCUT2D eigenvalue weighted by Crippen LogP contribution is -2.07. The molecule has 12 heavy (non-hydrogen) atoms. The molecule has 1 aromatic carbocycles. The molecule has 1 rings (SSSR count). The van der Waals surface area contributed by atoms with E-state index in [0.717, 1.165) is 0 Å². The van der Waals surface area contributed by atoms with Crippen molar-refractivity contribution in [2.75, 3.05) is 11.9 Å². The molecule has 0 heterocycles. The monoisotopic (exact) mass is 160 g/mol. The van der Waals surface area contributed by atoms with Gasteiger partial charge in [-0.05, 0) is 37.7 Å². The number of hydrogen-bond donors (Lipinski definition) is 0. The summed E-state index contributed by atoms with van der Waals surface area (Å²) in [5, 5.41) is 0. The maximum absolute atomic E-state index is 3.65. The standard InChI is InChI=1S/C11H14N/c1-4-8-12(3)11-7-5-6-10(2)9-11/h4-9H,1H2,2-3H3/b8-4+. The van der Waals surface area contributed by atoms with Crippen molar-refractivity contribution in [2.24, 2.45) is 0 Å². The second kappa shape index (κ2) is 3.96. The smallest absolute Gasteiger partial charge is 0.0406 e. The summed E-state index contributed by atoms with van der Waals surface area (Å²) in [5.74, 6) is 0. The molecule has 1 heteroatoms. The van der Waals surface area contributed by atoms with Gasteiger partial charge in [0.2, 0.25) is 0 Å². The molecule has 0 N–H and O–H groups in total. The second-order valence-electron chi connectivity index (χ2n) is 2.83. The molecule has 0 aliphatic carbocycles. The van der Waals surface area contributed by atoms with Gasteiger partial charge in [-0.2, -0.15) is 0 Å². The molecule has 1 radical (unpaired) electrons. The van der Waals surface area contributed by atoms with Crippen molar-refractivity contribution >= 4 is 5.69 Å². The maximum atomic E-state index is 3.65. The maximum Gasteiger partial charge on any atom is 0.0406 e. The molecule has 0 unspecified atom stereocenters. The lowest BCUT2D eigenvalue weighted by molar-refractivity contribution is 1.20. The molecule has 0 aromatic heterocycles. The Kier molecular flexibility index (Phi) is 2.92. The summed E-state index contributed by atoms with van der Waals surface area (Å²) < 4.78 is 0. The van der Waals surface area contributed by atoms with Crippen molar-refractivity contribution in [1.82, 2.24) is 0 Å². The number of benzene rings is 1. The highest BCUT2D eigenvalue weighted by Crippen LogP contribution is 2.13. The Morgan fingerprint density at radius 1 is 1.42 bits per heavy atom. The van der Waals surface area contributed by atoms with Gasteiger partial charge >= 0.3 is 0 Å². The summed E-state index contributed by atoms with van der Waals surface area (Å²) in [7, 11) is 2.01. The Bertz CT molecular complexity index is 276. The molecule has 0 aliphatic heterocycles. The van der Waals surface area contributed by atoms with E-state index in [4.69, 9.17) is 0 Å². The predicted octanol–water partition coefficient (Wildman–Crippen LogP) is 2.78. The minimum Gasteiger partial charge on any atom is -0.351 e. The summed E-state index contributed by atoms with van der Waals surface area (Å²) in [6.45, 7) is 5.74. The minimum absolute atomic E-state index is 1.19. The molecule has 0 amide bonds. The van der Waals surface area contributed by atoms with E-state index in [1.54, 1.807) is 6.08 Å². The summed E-state index contributed by atoms with van der Waals surface area (Å²) in [5.41, 5.74) is 2.46. The van der Waals surface area contributed by atoms with E-state index in [-0.39, 0.29) is 0 Å². The first kappa shape index (κ1) is 8.85. The largest absolute Gasteiger partial charge is 0.351 e. The fraction of sp³-hybridized carbons (Fsp3) is 0.182. The van der Waals surface area contributed by atoms with Crippen LogP contribution in [0.1, 0.15) is 5.56 Å². The van der Waals surface area contributed by atoms with Crippen LogP contribution in [0.2, 0.25) is 0 Å².